The first-order valence-electron chi connectivity index (χ1n) is 6.04. The zero-order valence-electron chi connectivity index (χ0n) is 10.8. The van der Waals surface area contributed by atoms with Crippen LogP contribution in [0.4, 0.5) is 10.1 Å². The van der Waals surface area contributed by atoms with Crippen molar-refractivity contribution in [1.29, 1.82) is 0 Å². The SMILES string of the molecule is CC(Oc1ccc(F)cc1)C(=O)Nc1ccccc1Cl. The molecule has 1 unspecified atom stereocenters. The molecule has 0 saturated carbocycles. The van der Waals surface area contributed by atoms with Gasteiger partial charge in [-0.25, -0.2) is 4.39 Å². The summed E-state index contributed by atoms with van der Waals surface area (Å²) in [7, 11) is 0. The number of nitrogens with one attached hydrogen (secondary N) is 1. The van der Waals surface area contributed by atoms with Gasteiger partial charge in [-0.2, -0.15) is 0 Å². The molecule has 2 rings (SSSR count). The van der Waals surface area contributed by atoms with Gasteiger partial charge < -0.3 is 10.1 Å². The second kappa shape index (κ2) is 6.39. The van der Waals surface area contributed by atoms with E-state index >= 15 is 0 Å². The molecule has 0 radical (unpaired) electrons. The van der Waals surface area contributed by atoms with Crippen LogP contribution in [0.5, 0.6) is 5.75 Å². The third-order valence-electron chi connectivity index (χ3n) is 2.63. The van der Waals surface area contributed by atoms with Crippen LogP contribution in [0.1, 0.15) is 6.92 Å². The van der Waals surface area contributed by atoms with Gasteiger partial charge in [-0.3, -0.25) is 4.79 Å². The van der Waals surface area contributed by atoms with Crippen LogP contribution >= 0.6 is 11.6 Å². The lowest BCUT2D eigenvalue weighted by molar-refractivity contribution is -0.122. The number of amides is 1. The van der Waals surface area contributed by atoms with Crippen molar-refractivity contribution in [1.82, 2.24) is 0 Å². The van der Waals surface area contributed by atoms with Gasteiger partial charge in [-0.05, 0) is 43.3 Å². The van der Waals surface area contributed by atoms with Crippen molar-refractivity contribution in [3.05, 3.63) is 59.4 Å². The Hall–Kier alpha value is -2.07. The van der Waals surface area contributed by atoms with Crippen LogP contribution in [0.15, 0.2) is 48.5 Å². The molecule has 0 heterocycles. The second-order valence-electron chi connectivity index (χ2n) is 4.18. The van der Waals surface area contributed by atoms with Gasteiger partial charge in [0.1, 0.15) is 11.6 Å². The lowest BCUT2D eigenvalue weighted by atomic mass is 10.3. The molecule has 1 atom stereocenters. The van der Waals surface area contributed by atoms with Crippen molar-refractivity contribution in [2.24, 2.45) is 0 Å². The van der Waals surface area contributed by atoms with Crippen molar-refractivity contribution < 1.29 is 13.9 Å². The van der Waals surface area contributed by atoms with Crippen LogP contribution < -0.4 is 10.1 Å². The average Bonchev–Trinajstić information content (AvgIpc) is 2.44. The fraction of sp³-hybridized carbons (Fsp3) is 0.133. The predicted molar refractivity (Wildman–Crippen MR) is 76.6 cm³/mol. The Balaban J connectivity index is 1.99. The summed E-state index contributed by atoms with van der Waals surface area (Å²) in [6.45, 7) is 1.61. The number of ether oxygens (including phenoxy) is 1. The van der Waals surface area contributed by atoms with Crippen LogP contribution in [-0.4, -0.2) is 12.0 Å². The van der Waals surface area contributed by atoms with E-state index in [0.29, 0.717) is 16.5 Å². The summed E-state index contributed by atoms with van der Waals surface area (Å²) in [5, 5.41) is 3.13. The van der Waals surface area contributed by atoms with E-state index in [1.54, 1.807) is 31.2 Å². The Morgan fingerprint density at radius 2 is 1.85 bits per heavy atom. The topological polar surface area (TPSA) is 38.3 Å². The third-order valence-corrected chi connectivity index (χ3v) is 2.96. The van der Waals surface area contributed by atoms with Gasteiger partial charge in [0, 0.05) is 0 Å². The summed E-state index contributed by atoms with van der Waals surface area (Å²) in [5.74, 6) is -0.263. The zero-order chi connectivity index (χ0) is 14.5. The molecule has 3 nitrogen and oxygen atoms in total. The first kappa shape index (κ1) is 14.3. The summed E-state index contributed by atoms with van der Waals surface area (Å²) in [6.07, 6.45) is -0.725. The maximum atomic E-state index is 12.8. The minimum Gasteiger partial charge on any atom is -0.481 e. The molecular weight excluding hydrogens is 281 g/mol. The molecule has 0 saturated heterocycles. The highest BCUT2D eigenvalue weighted by molar-refractivity contribution is 6.33. The first-order chi connectivity index (χ1) is 9.56. The lowest BCUT2D eigenvalue weighted by Gasteiger charge is -2.15. The predicted octanol–water partition coefficient (Wildman–Crippen LogP) is 3.89. The Kier molecular flexibility index (Phi) is 4.58. The first-order valence-corrected chi connectivity index (χ1v) is 6.41. The van der Waals surface area contributed by atoms with Crippen LogP contribution in [0.2, 0.25) is 5.02 Å². The number of anilines is 1. The molecule has 2 aromatic rings. The lowest BCUT2D eigenvalue weighted by Crippen LogP contribution is -2.30. The highest BCUT2D eigenvalue weighted by Gasteiger charge is 2.15. The fourth-order valence-electron chi connectivity index (χ4n) is 1.57. The van der Waals surface area contributed by atoms with E-state index in [4.69, 9.17) is 16.3 Å². The number of carbonyl (C=O) groups excluding carboxylic acids is 1. The average molecular weight is 294 g/mol. The monoisotopic (exact) mass is 293 g/mol. The number of carbonyl (C=O) groups is 1. The van der Waals surface area contributed by atoms with E-state index in [-0.39, 0.29) is 11.7 Å². The molecule has 2 aromatic carbocycles. The van der Waals surface area contributed by atoms with Crippen LogP contribution in [0, 0.1) is 5.82 Å². The van der Waals surface area contributed by atoms with Crippen molar-refractivity contribution in [2.75, 3.05) is 5.32 Å². The number of rotatable bonds is 4. The van der Waals surface area contributed by atoms with Gasteiger partial charge >= 0.3 is 0 Å². The van der Waals surface area contributed by atoms with E-state index < -0.39 is 6.10 Å². The highest BCUT2D eigenvalue weighted by atomic mass is 35.5. The van der Waals surface area contributed by atoms with Gasteiger partial charge in [0.05, 0.1) is 10.7 Å². The zero-order valence-corrected chi connectivity index (χ0v) is 11.5. The smallest absolute Gasteiger partial charge is 0.265 e. The van der Waals surface area contributed by atoms with Crippen LogP contribution in [-0.2, 0) is 4.79 Å². The molecule has 0 spiro atoms. The molecule has 20 heavy (non-hydrogen) atoms. The molecule has 0 bridgehead atoms. The Morgan fingerprint density at radius 3 is 2.50 bits per heavy atom. The van der Waals surface area contributed by atoms with E-state index in [1.165, 1.54) is 24.3 Å². The number of para-hydroxylation sites is 1. The molecule has 104 valence electrons. The van der Waals surface area contributed by atoms with E-state index in [1.807, 2.05) is 0 Å². The van der Waals surface area contributed by atoms with Gasteiger partial charge in [0.25, 0.3) is 5.91 Å². The Labute approximate surface area is 121 Å². The maximum absolute atomic E-state index is 12.8. The summed E-state index contributed by atoms with van der Waals surface area (Å²) < 4.78 is 18.2. The van der Waals surface area contributed by atoms with Crippen LogP contribution in [0.3, 0.4) is 0 Å². The van der Waals surface area contributed by atoms with Gasteiger partial charge in [0.15, 0.2) is 6.10 Å². The van der Waals surface area contributed by atoms with Crippen molar-refractivity contribution in [3.63, 3.8) is 0 Å². The minimum absolute atomic E-state index is 0.331. The summed E-state index contributed by atoms with van der Waals surface area (Å²) in [4.78, 5) is 12.0. The molecule has 0 aliphatic heterocycles. The molecular formula is C15H13ClFNO2. The van der Waals surface area contributed by atoms with Crippen molar-refractivity contribution in [3.8, 4) is 5.75 Å². The standard InChI is InChI=1S/C15H13ClFNO2/c1-10(20-12-8-6-11(17)7-9-12)15(19)18-14-5-3-2-4-13(14)16/h2-10H,1H3,(H,18,19). The van der Waals surface area contributed by atoms with Crippen molar-refractivity contribution in [2.45, 2.75) is 13.0 Å². The molecule has 1 amide bonds. The number of hydrogen-bond donors (Lipinski definition) is 1. The molecule has 0 aliphatic carbocycles. The number of benzene rings is 2. The van der Waals surface area contributed by atoms with Gasteiger partial charge in [0.2, 0.25) is 0 Å². The number of hydrogen-bond acceptors (Lipinski definition) is 2. The summed E-state index contributed by atoms with van der Waals surface area (Å²) >= 11 is 5.95. The number of halogens is 2. The third kappa shape index (κ3) is 3.71. The maximum Gasteiger partial charge on any atom is 0.265 e. The largest absolute Gasteiger partial charge is 0.481 e. The quantitative estimate of drug-likeness (QED) is 0.929. The summed E-state index contributed by atoms with van der Waals surface area (Å²) in [6, 6.07) is 12.4. The molecule has 0 aromatic heterocycles. The normalized spacial score (nSPS) is 11.8. The molecule has 0 fully saturated rings. The molecule has 0 aliphatic rings. The summed E-state index contributed by atoms with van der Waals surface area (Å²) in [5.41, 5.74) is 0.522. The molecule has 5 heteroatoms. The van der Waals surface area contributed by atoms with E-state index in [2.05, 4.69) is 5.32 Å². The Morgan fingerprint density at radius 1 is 1.20 bits per heavy atom. The van der Waals surface area contributed by atoms with E-state index in [9.17, 15) is 9.18 Å². The van der Waals surface area contributed by atoms with E-state index in [0.717, 1.165) is 0 Å². The van der Waals surface area contributed by atoms with Gasteiger partial charge in [-0.15, -0.1) is 0 Å². The highest BCUT2D eigenvalue weighted by Crippen LogP contribution is 2.21. The van der Waals surface area contributed by atoms with Gasteiger partial charge in [-0.1, -0.05) is 23.7 Å². The minimum atomic E-state index is -0.725. The fourth-order valence-corrected chi connectivity index (χ4v) is 1.75. The second-order valence-corrected chi connectivity index (χ2v) is 4.59. The van der Waals surface area contributed by atoms with Crippen molar-refractivity contribution >= 4 is 23.2 Å². The Bertz CT molecular complexity index is 601. The van der Waals surface area contributed by atoms with Crippen LogP contribution in [0.25, 0.3) is 0 Å². The molecule has 1 N–H and O–H groups in total.